The van der Waals surface area contributed by atoms with E-state index in [1.807, 2.05) is 0 Å². The van der Waals surface area contributed by atoms with Crippen LogP contribution in [-0.2, 0) is 6.54 Å². The first-order chi connectivity index (χ1) is 12.0. The molecule has 0 aliphatic rings. The van der Waals surface area contributed by atoms with E-state index in [9.17, 15) is 14.9 Å². The maximum absolute atomic E-state index is 12.1. The lowest BCUT2D eigenvalue weighted by molar-refractivity contribution is -0.385. The van der Waals surface area contributed by atoms with Gasteiger partial charge in [-0.25, -0.2) is 0 Å². The van der Waals surface area contributed by atoms with E-state index in [1.165, 1.54) is 18.2 Å². The lowest BCUT2D eigenvalue weighted by Gasteiger charge is -2.03. The van der Waals surface area contributed by atoms with Crippen LogP contribution in [-0.4, -0.2) is 26.0 Å². The molecular formula is C16H13N5O4. The number of benzene rings is 1. The fourth-order valence-corrected chi connectivity index (χ4v) is 2.15. The Morgan fingerprint density at radius 3 is 2.76 bits per heavy atom. The van der Waals surface area contributed by atoms with E-state index in [0.29, 0.717) is 11.4 Å². The highest BCUT2D eigenvalue weighted by molar-refractivity contribution is 5.94. The van der Waals surface area contributed by atoms with E-state index in [0.717, 1.165) is 5.56 Å². The second kappa shape index (κ2) is 6.87. The first-order valence-electron chi connectivity index (χ1n) is 7.31. The Labute approximate surface area is 141 Å². The van der Waals surface area contributed by atoms with Crippen LogP contribution in [0.5, 0.6) is 0 Å². The number of aryl methyl sites for hydroxylation is 1. The molecule has 9 heteroatoms. The molecule has 0 bridgehead atoms. The minimum Gasteiger partial charge on any atom is -0.343 e. The van der Waals surface area contributed by atoms with Crippen molar-refractivity contribution in [1.29, 1.82) is 0 Å². The van der Waals surface area contributed by atoms with E-state index in [-0.39, 0.29) is 23.7 Å². The number of nitrogens with one attached hydrogen (secondary N) is 1. The predicted octanol–water partition coefficient (Wildman–Crippen LogP) is 2.28. The number of aromatic nitrogens is 3. The van der Waals surface area contributed by atoms with Crippen molar-refractivity contribution < 1.29 is 14.2 Å². The third-order valence-electron chi connectivity index (χ3n) is 3.47. The van der Waals surface area contributed by atoms with Crippen molar-refractivity contribution in [2.24, 2.45) is 0 Å². The van der Waals surface area contributed by atoms with Crippen molar-refractivity contribution >= 4 is 11.6 Å². The summed E-state index contributed by atoms with van der Waals surface area (Å²) in [5.41, 5.74) is 1.31. The Kier molecular flexibility index (Phi) is 4.46. The summed E-state index contributed by atoms with van der Waals surface area (Å²) in [5.74, 6) is 0.145. The molecule has 0 spiro atoms. The highest BCUT2D eigenvalue weighted by Crippen LogP contribution is 2.19. The SMILES string of the molecule is Cc1ccc(C(=O)NCc2nc(-c3ccncc3)no2)cc1[N+](=O)[O-]. The Morgan fingerprint density at radius 1 is 1.28 bits per heavy atom. The van der Waals surface area contributed by atoms with Crippen LogP contribution in [0.3, 0.4) is 0 Å². The molecule has 2 aromatic heterocycles. The van der Waals surface area contributed by atoms with Crippen LogP contribution in [0.15, 0.2) is 47.2 Å². The van der Waals surface area contributed by atoms with Crippen molar-refractivity contribution in [3.63, 3.8) is 0 Å². The van der Waals surface area contributed by atoms with Crippen molar-refractivity contribution in [1.82, 2.24) is 20.4 Å². The summed E-state index contributed by atoms with van der Waals surface area (Å²) in [7, 11) is 0. The van der Waals surface area contributed by atoms with Gasteiger partial charge in [0.05, 0.1) is 11.5 Å². The minimum absolute atomic E-state index is 0.0125. The second-order valence-corrected chi connectivity index (χ2v) is 5.19. The summed E-state index contributed by atoms with van der Waals surface area (Å²) in [5, 5.41) is 17.4. The summed E-state index contributed by atoms with van der Waals surface area (Å²) in [6.45, 7) is 1.62. The van der Waals surface area contributed by atoms with Crippen LogP contribution in [0, 0.1) is 17.0 Å². The Morgan fingerprint density at radius 2 is 2.04 bits per heavy atom. The number of hydrogen-bond acceptors (Lipinski definition) is 7. The fraction of sp³-hybridized carbons (Fsp3) is 0.125. The summed E-state index contributed by atoms with van der Waals surface area (Å²) >= 11 is 0. The lowest BCUT2D eigenvalue weighted by Crippen LogP contribution is -2.23. The number of carbonyl (C=O) groups is 1. The van der Waals surface area contributed by atoms with E-state index >= 15 is 0 Å². The monoisotopic (exact) mass is 339 g/mol. The van der Waals surface area contributed by atoms with Gasteiger partial charge in [0.25, 0.3) is 11.6 Å². The molecule has 3 aromatic rings. The van der Waals surface area contributed by atoms with E-state index in [2.05, 4.69) is 20.4 Å². The van der Waals surface area contributed by atoms with Gasteiger partial charge >= 0.3 is 0 Å². The zero-order chi connectivity index (χ0) is 17.8. The quantitative estimate of drug-likeness (QED) is 0.558. The number of nitrogens with zero attached hydrogens (tertiary/aromatic N) is 4. The number of rotatable bonds is 5. The molecule has 0 aliphatic carbocycles. The molecule has 3 rings (SSSR count). The minimum atomic E-state index is -0.523. The number of amides is 1. The van der Waals surface area contributed by atoms with E-state index in [1.54, 1.807) is 31.5 Å². The summed E-state index contributed by atoms with van der Waals surface area (Å²) in [6, 6.07) is 7.76. The van der Waals surface area contributed by atoms with Gasteiger partial charge in [0, 0.05) is 35.2 Å². The normalized spacial score (nSPS) is 10.4. The zero-order valence-electron chi connectivity index (χ0n) is 13.2. The van der Waals surface area contributed by atoms with Gasteiger partial charge in [0.1, 0.15) is 0 Å². The number of carbonyl (C=O) groups excluding carboxylic acids is 1. The molecule has 0 atom stereocenters. The topological polar surface area (TPSA) is 124 Å². The third-order valence-corrected chi connectivity index (χ3v) is 3.47. The number of nitro groups is 1. The molecule has 1 N–H and O–H groups in total. The highest BCUT2D eigenvalue weighted by Gasteiger charge is 2.16. The molecule has 0 aliphatic heterocycles. The van der Waals surface area contributed by atoms with Crippen molar-refractivity contribution in [3.05, 3.63) is 69.9 Å². The van der Waals surface area contributed by atoms with Gasteiger partial charge in [-0.05, 0) is 25.1 Å². The van der Waals surface area contributed by atoms with Crippen molar-refractivity contribution in [2.45, 2.75) is 13.5 Å². The Bertz CT molecular complexity index is 923. The van der Waals surface area contributed by atoms with Crippen LogP contribution in [0.4, 0.5) is 5.69 Å². The fourth-order valence-electron chi connectivity index (χ4n) is 2.15. The maximum atomic E-state index is 12.1. The molecule has 25 heavy (non-hydrogen) atoms. The first kappa shape index (κ1) is 16.2. The van der Waals surface area contributed by atoms with Gasteiger partial charge in [0.15, 0.2) is 0 Å². The largest absolute Gasteiger partial charge is 0.343 e. The second-order valence-electron chi connectivity index (χ2n) is 5.19. The van der Waals surface area contributed by atoms with Gasteiger partial charge in [-0.15, -0.1) is 0 Å². The molecule has 0 radical (unpaired) electrons. The van der Waals surface area contributed by atoms with Crippen LogP contribution in [0.25, 0.3) is 11.4 Å². The molecule has 126 valence electrons. The maximum Gasteiger partial charge on any atom is 0.273 e. The Balaban J connectivity index is 1.68. The number of pyridine rings is 1. The summed E-state index contributed by atoms with van der Waals surface area (Å²) in [6.07, 6.45) is 3.22. The molecule has 0 saturated heterocycles. The van der Waals surface area contributed by atoms with Gasteiger partial charge < -0.3 is 9.84 Å². The predicted molar refractivity (Wildman–Crippen MR) is 86.5 cm³/mol. The third kappa shape index (κ3) is 3.66. The molecule has 0 fully saturated rings. The average molecular weight is 339 g/mol. The van der Waals surface area contributed by atoms with Gasteiger partial charge in [-0.1, -0.05) is 11.2 Å². The van der Waals surface area contributed by atoms with Gasteiger partial charge in [0.2, 0.25) is 11.7 Å². The molecule has 1 aromatic carbocycles. The smallest absolute Gasteiger partial charge is 0.273 e. The molecule has 1 amide bonds. The van der Waals surface area contributed by atoms with Crippen molar-refractivity contribution in [3.8, 4) is 11.4 Å². The van der Waals surface area contributed by atoms with E-state index < -0.39 is 10.8 Å². The average Bonchev–Trinajstić information content (AvgIpc) is 3.09. The number of hydrogen-bond donors (Lipinski definition) is 1. The summed E-state index contributed by atoms with van der Waals surface area (Å²) in [4.78, 5) is 30.7. The molecule has 2 heterocycles. The highest BCUT2D eigenvalue weighted by atomic mass is 16.6. The molecule has 0 unspecified atom stereocenters. The van der Waals surface area contributed by atoms with Gasteiger partial charge in [-0.2, -0.15) is 4.98 Å². The van der Waals surface area contributed by atoms with Crippen LogP contribution in [0.1, 0.15) is 21.8 Å². The van der Waals surface area contributed by atoms with Crippen LogP contribution >= 0.6 is 0 Å². The van der Waals surface area contributed by atoms with Gasteiger partial charge in [-0.3, -0.25) is 19.9 Å². The zero-order valence-corrected chi connectivity index (χ0v) is 13.2. The van der Waals surface area contributed by atoms with Crippen LogP contribution in [0.2, 0.25) is 0 Å². The van der Waals surface area contributed by atoms with E-state index in [4.69, 9.17) is 4.52 Å². The summed E-state index contributed by atoms with van der Waals surface area (Å²) < 4.78 is 5.08. The first-order valence-corrected chi connectivity index (χ1v) is 7.31. The van der Waals surface area contributed by atoms with Crippen LogP contribution < -0.4 is 5.32 Å². The molecular weight excluding hydrogens is 326 g/mol. The molecule has 9 nitrogen and oxygen atoms in total. The number of nitro benzene ring substituents is 1. The lowest BCUT2D eigenvalue weighted by atomic mass is 10.1. The molecule has 0 saturated carbocycles. The Hall–Kier alpha value is -3.62. The van der Waals surface area contributed by atoms with Crippen molar-refractivity contribution in [2.75, 3.05) is 0 Å². The standard InChI is InChI=1S/C16H13N5O4/c1-10-2-3-12(8-13(10)21(23)24)16(22)18-9-14-19-15(20-25-14)11-4-6-17-7-5-11/h2-8H,9H2,1H3,(H,18,22).